The van der Waals surface area contributed by atoms with Gasteiger partial charge in [-0.1, -0.05) is 15.9 Å². The number of halogens is 4. The zero-order valence-electron chi connectivity index (χ0n) is 9.54. The Hall–Kier alpha value is -1.69. The highest BCUT2D eigenvalue weighted by Gasteiger charge is 2.33. The van der Waals surface area contributed by atoms with E-state index in [1.54, 1.807) is 24.3 Å². The van der Waals surface area contributed by atoms with Gasteiger partial charge in [0.15, 0.2) is 0 Å². The van der Waals surface area contributed by atoms with Crippen LogP contribution < -0.4 is 10.5 Å². The Morgan fingerprint density at radius 3 is 2.11 bits per heavy atom. The fourth-order valence-electron chi connectivity index (χ4n) is 1.48. The number of hydrogen-bond donors (Lipinski definition) is 1. The number of nitrogens with two attached hydrogens (primary N) is 1. The van der Waals surface area contributed by atoms with E-state index in [0.29, 0.717) is 5.75 Å². The summed E-state index contributed by atoms with van der Waals surface area (Å²) in [5.41, 5.74) is 4.08. The van der Waals surface area contributed by atoms with Crippen LogP contribution in [-0.2, 0) is 6.18 Å². The molecule has 0 aliphatic carbocycles. The third kappa shape index (κ3) is 3.41. The van der Waals surface area contributed by atoms with Crippen molar-refractivity contribution in [3.05, 3.63) is 52.5 Å². The Morgan fingerprint density at radius 1 is 0.947 bits per heavy atom. The molecule has 0 saturated carbocycles. The minimum Gasteiger partial charge on any atom is -0.457 e. The van der Waals surface area contributed by atoms with Crippen molar-refractivity contribution in [2.75, 3.05) is 5.73 Å². The summed E-state index contributed by atoms with van der Waals surface area (Å²) in [6.07, 6.45) is -4.50. The first kappa shape index (κ1) is 13.7. The van der Waals surface area contributed by atoms with E-state index in [-0.39, 0.29) is 11.4 Å². The number of ether oxygens (including phenoxy) is 1. The second-order valence-electron chi connectivity index (χ2n) is 3.80. The molecule has 0 unspecified atom stereocenters. The molecule has 0 aliphatic rings. The highest BCUT2D eigenvalue weighted by molar-refractivity contribution is 9.10. The highest BCUT2D eigenvalue weighted by Crippen LogP contribution is 2.36. The van der Waals surface area contributed by atoms with Gasteiger partial charge < -0.3 is 10.5 Å². The van der Waals surface area contributed by atoms with E-state index in [9.17, 15) is 13.2 Å². The van der Waals surface area contributed by atoms with Gasteiger partial charge in [0.2, 0.25) is 0 Å². The lowest BCUT2D eigenvalue weighted by Crippen LogP contribution is -2.08. The Morgan fingerprint density at radius 2 is 1.53 bits per heavy atom. The first-order valence-electron chi connectivity index (χ1n) is 5.26. The topological polar surface area (TPSA) is 35.2 Å². The summed E-state index contributed by atoms with van der Waals surface area (Å²) in [5.74, 6) is 0.532. The fraction of sp³-hybridized carbons (Fsp3) is 0.0769. The molecule has 0 fully saturated rings. The van der Waals surface area contributed by atoms with Crippen molar-refractivity contribution in [3.8, 4) is 11.5 Å². The molecule has 0 heterocycles. The summed E-state index contributed by atoms with van der Waals surface area (Å²) in [4.78, 5) is 0. The average molecular weight is 332 g/mol. The molecule has 0 radical (unpaired) electrons. The zero-order chi connectivity index (χ0) is 14.0. The summed E-state index contributed by atoms with van der Waals surface area (Å²) in [5, 5.41) is 0. The van der Waals surface area contributed by atoms with Gasteiger partial charge in [-0.25, -0.2) is 0 Å². The molecule has 2 aromatic rings. The summed E-state index contributed by atoms with van der Waals surface area (Å²) >= 11 is 3.26. The molecule has 2 nitrogen and oxygen atoms in total. The van der Waals surface area contributed by atoms with Crippen molar-refractivity contribution in [3.63, 3.8) is 0 Å². The molecule has 100 valence electrons. The van der Waals surface area contributed by atoms with Crippen molar-refractivity contribution in [2.45, 2.75) is 6.18 Å². The maximum absolute atomic E-state index is 12.7. The predicted octanol–water partition coefficient (Wildman–Crippen LogP) is 4.84. The van der Waals surface area contributed by atoms with Gasteiger partial charge >= 0.3 is 6.18 Å². The van der Waals surface area contributed by atoms with Crippen LogP contribution in [0.1, 0.15) is 5.56 Å². The normalized spacial score (nSPS) is 11.4. The SMILES string of the molecule is Nc1ccc(Oc2ccc(Br)cc2)cc1C(F)(F)F. The van der Waals surface area contributed by atoms with E-state index in [2.05, 4.69) is 15.9 Å². The average Bonchev–Trinajstić information content (AvgIpc) is 2.33. The Kier molecular flexibility index (Phi) is 3.71. The van der Waals surface area contributed by atoms with Gasteiger partial charge in [0.05, 0.1) is 5.56 Å². The van der Waals surface area contributed by atoms with Crippen molar-refractivity contribution in [1.29, 1.82) is 0 Å². The van der Waals surface area contributed by atoms with Crippen LogP contribution in [0.25, 0.3) is 0 Å². The van der Waals surface area contributed by atoms with E-state index < -0.39 is 11.7 Å². The fourth-order valence-corrected chi connectivity index (χ4v) is 1.75. The molecule has 2 N–H and O–H groups in total. The molecule has 0 atom stereocenters. The number of rotatable bonds is 2. The van der Waals surface area contributed by atoms with Gasteiger partial charge in [0, 0.05) is 10.2 Å². The smallest absolute Gasteiger partial charge is 0.418 e. The first-order chi connectivity index (χ1) is 8.86. The summed E-state index contributed by atoms with van der Waals surface area (Å²) < 4.78 is 44.2. The molecule has 6 heteroatoms. The molecule has 0 saturated heterocycles. The number of hydrogen-bond acceptors (Lipinski definition) is 2. The predicted molar refractivity (Wildman–Crippen MR) is 70.1 cm³/mol. The van der Waals surface area contributed by atoms with Crippen LogP contribution in [0, 0.1) is 0 Å². The lowest BCUT2D eigenvalue weighted by Gasteiger charge is -2.12. The number of anilines is 1. The lowest BCUT2D eigenvalue weighted by molar-refractivity contribution is -0.137. The maximum Gasteiger partial charge on any atom is 0.418 e. The van der Waals surface area contributed by atoms with E-state index in [1.807, 2.05) is 0 Å². The molecule has 2 rings (SSSR count). The second kappa shape index (κ2) is 5.13. The lowest BCUT2D eigenvalue weighted by atomic mass is 10.1. The molecular weight excluding hydrogens is 323 g/mol. The Labute approximate surface area is 116 Å². The van der Waals surface area contributed by atoms with Gasteiger partial charge in [-0.3, -0.25) is 0 Å². The van der Waals surface area contributed by atoms with Crippen LogP contribution in [-0.4, -0.2) is 0 Å². The monoisotopic (exact) mass is 331 g/mol. The molecule has 19 heavy (non-hydrogen) atoms. The standard InChI is InChI=1S/C13H9BrF3NO/c14-8-1-3-9(4-2-8)19-10-5-6-12(18)11(7-10)13(15,16)17/h1-7H,18H2. The van der Waals surface area contributed by atoms with E-state index in [1.165, 1.54) is 12.1 Å². The third-order valence-electron chi connectivity index (χ3n) is 2.38. The molecule has 0 bridgehead atoms. The zero-order valence-corrected chi connectivity index (χ0v) is 11.1. The molecule has 0 aliphatic heterocycles. The van der Waals surface area contributed by atoms with Crippen molar-refractivity contribution >= 4 is 21.6 Å². The van der Waals surface area contributed by atoms with Crippen LogP contribution in [0.15, 0.2) is 46.9 Å². The first-order valence-corrected chi connectivity index (χ1v) is 6.06. The van der Waals surface area contributed by atoms with Crippen LogP contribution in [0.4, 0.5) is 18.9 Å². The van der Waals surface area contributed by atoms with Crippen molar-refractivity contribution in [1.82, 2.24) is 0 Å². The summed E-state index contributed by atoms with van der Waals surface area (Å²) in [6.45, 7) is 0. The number of alkyl halides is 3. The molecule has 0 aromatic heterocycles. The van der Waals surface area contributed by atoms with Crippen LogP contribution >= 0.6 is 15.9 Å². The molecular formula is C13H9BrF3NO. The molecule has 0 amide bonds. The summed E-state index contributed by atoms with van der Waals surface area (Å²) in [6, 6.07) is 10.2. The van der Waals surface area contributed by atoms with E-state index >= 15 is 0 Å². The van der Waals surface area contributed by atoms with Crippen molar-refractivity contribution < 1.29 is 17.9 Å². The van der Waals surface area contributed by atoms with Crippen LogP contribution in [0.5, 0.6) is 11.5 Å². The minimum absolute atomic E-state index is 0.0869. The van der Waals surface area contributed by atoms with Gasteiger partial charge in [-0.2, -0.15) is 13.2 Å². The van der Waals surface area contributed by atoms with E-state index in [0.717, 1.165) is 10.5 Å². The maximum atomic E-state index is 12.7. The van der Waals surface area contributed by atoms with Gasteiger partial charge in [-0.15, -0.1) is 0 Å². The van der Waals surface area contributed by atoms with Crippen LogP contribution in [0.2, 0.25) is 0 Å². The largest absolute Gasteiger partial charge is 0.457 e. The second-order valence-corrected chi connectivity index (χ2v) is 4.72. The van der Waals surface area contributed by atoms with Gasteiger partial charge in [0.25, 0.3) is 0 Å². The number of benzene rings is 2. The third-order valence-corrected chi connectivity index (χ3v) is 2.91. The number of nitrogen functional groups attached to an aromatic ring is 1. The van der Waals surface area contributed by atoms with Gasteiger partial charge in [0.1, 0.15) is 11.5 Å². The minimum atomic E-state index is -4.50. The van der Waals surface area contributed by atoms with Gasteiger partial charge in [-0.05, 0) is 42.5 Å². The highest BCUT2D eigenvalue weighted by atomic mass is 79.9. The van der Waals surface area contributed by atoms with Crippen LogP contribution in [0.3, 0.4) is 0 Å². The van der Waals surface area contributed by atoms with Crippen molar-refractivity contribution in [2.24, 2.45) is 0 Å². The molecule has 2 aromatic carbocycles. The molecule has 0 spiro atoms. The summed E-state index contributed by atoms with van der Waals surface area (Å²) in [7, 11) is 0. The Balaban J connectivity index is 2.29. The quantitative estimate of drug-likeness (QED) is 0.799. The Bertz CT molecular complexity index is 581. The van der Waals surface area contributed by atoms with E-state index in [4.69, 9.17) is 10.5 Å².